The summed E-state index contributed by atoms with van der Waals surface area (Å²) in [6, 6.07) is 14.0. The van der Waals surface area contributed by atoms with E-state index in [4.69, 9.17) is 4.42 Å². The Morgan fingerprint density at radius 2 is 2.06 bits per heavy atom. The van der Waals surface area contributed by atoms with Crippen LogP contribution in [0.25, 0.3) is 17.4 Å². The van der Waals surface area contributed by atoms with Crippen molar-refractivity contribution in [2.45, 2.75) is 19.4 Å². The van der Waals surface area contributed by atoms with E-state index in [0.717, 1.165) is 62.1 Å². The van der Waals surface area contributed by atoms with Gasteiger partial charge in [-0.25, -0.2) is 9.97 Å². The quantitative estimate of drug-likeness (QED) is 0.494. The molecule has 2 saturated heterocycles. The van der Waals surface area contributed by atoms with Gasteiger partial charge < -0.3 is 14.6 Å². The van der Waals surface area contributed by atoms with E-state index in [2.05, 4.69) is 49.8 Å². The molecule has 8 nitrogen and oxygen atoms in total. The fraction of sp³-hybridized carbons (Fsp3) is 0.280. The molecule has 3 aromatic rings. The maximum Gasteiger partial charge on any atom is 0.290 e. The number of carbonyl (C=O) groups is 2. The number of hydrogen-bond acceptors (Lipinski definition) is 8. The van der Waals surface area contributed by atoms with Gasteiger partial charge in [0.2, 0.25) is 5.95 Å². The molecule has 2 aromatic heterocycles. The molecule has 1 aromatic carbocycles. The molecule has 0 saturated carbocycles. The number of amides is 2. The number of imide groups is 1. The summed E-state index contributed by atoms with van der Waals surface area (Å²) in [5.41, 5.74) is 2.95. The van der Waals surface area contributed by atoms with E-state index in [9.17, 15) is 9.59 Å². The lowest BCUT2D eigenvalue weighted by molar-refractivity contribution is -0.115. The van der Waals surface area contributed by atoms with E-state index in [1.54, 1.807) is 24.6 Å². The highest BCUT2D eigenvalue weighted by atomic mass is 32.2. The van der Waals surface area contributed by atoms with Crippen molar-refractivity contribution in [2.75, 3.05) is 24.5 Å². The maximum atomic E-state index is 11.8. The van der Waals surface area contributed by atoms with E-state index in [-0.39, 0.29) is 11.1 Å². The number of rotatable bonds is 7. The molecule has 2 amide bonds. The summed E-state index contributed by atoms with van der Waals surface area (Å²) >= 11 is 0.892. The van der Waals surface area contributed by atoms with Gasteiger partial charge in [0, 0.05) is 31.4 Å². The van der Waals surface area contributed by atoms with Gasteiger partial charge >= 0.3 is 0 Å². The standard InChI is InChI=1S/C25H25N5O3S/c31-23-22(34-25(32)29-23)14-20-6-9-27-24(28-20)30-10-7-17(8-11-30)15-26-16-18-3-1-4-19(13-18)21-5-2-12-33-21/h1-6,9,12-14,17,26H,7-8,10-11,15-16H2,(H,29,31,32). The van der Waals surface area contributed by atoms with Crippen LogP contribution in [0.3, 0.4) is 0 Å². The monoisotopic (exact) mass is 475 g/mol. The number of benzene rings is 1. The molecule has 2 fully saturated rings. The third-order valence-corrected chi connectivity index (χ3v) is 6.79. The van der Waals surface area contributed by atoms with Gasteiger partial charge in [-0.15, -0.1) is 0 Å². The van der Waals surface area contributed by atoms with Crippen molar-refractivity contribution in [3.63, 3.8) is 0 Å². The lowest BCUT2D eigenvalue weighted by atomic mass is 9.97. The minimum atomic E-state index is -0.379. The second kappa shape index (κ2) is 10.2. The van der Waals surface area contributed by atoms with Gasteiger partial charge in [-0.2, -0.15) is 0 Å². The third kappa shape index (κ3) is 5.37. The van der Waals surface area contributed by atoms with Crippen LogP contribution in [0.15, 0.2) is 64.2 Å². The molecule has 0 radical (unpaired) electrons. The van der Waals surface area contributed by atoms with Crippen LogP contribution in [0.5, 0.6) is 0 Å². The first kappa shape index (κ1) is 22.4. The van der Waals surface area contributed by atoms with E-state index in [0.29, 0.717) is 22.5 Å². The molecule has 2 N–H and O–H groups in total. The Bertz CT molecular complexity index is 1200. The molecule has 2 aliphatic heterocycles. The van der Waals surface area contributed by atoms with E-state index >= 15 is 0 Å². The van der Waals surface area contributed by atoms with E-state index in [1.165, 1.54) is 5.56 Å². The highest BCUT2D eigenvalue weighted by Gasteiger charge is 2.25. The van der Waals surface area contributed by atoms with Crippen molar-refractivity contribution < 1.29 is 14.0 Å². The molecule has 0 aliphatic carbocycles. The average Bonchev–Trinajstić information content (AvgIpc) is 3.50. The van der Waals surface area contributed by atoms with Crippen LogP contribution in [0, 0.1) is 5.92 Å². The fourth-order valence-corrected chi connectivity index (χ4v) is 4.85. The molecule has 0 bridgehead atoms. The predicted octanol–water partition coefficient (Wildman–Crippen LogP) is 4.07. The van der Waals surface area contributed by atoms with Crippen LogP contribution in [-0.2, 0) is 11.3 Å². The first-order valence-corrected chi connectivity index (χ1v) is 12.1. The summed E-state index contributed by atoms with van der Waals surface area (Å²) in [5.74, 6) is 1.76. The van der Waals surface area contributed by atoms with Crippen LogP contribution in [0.1, 0.15) is 24.1 Å². The fourth-order valence-electron chi connectivity index (χ4n) is 4.19. The second-order valence-electron chi connectivity index (χ2n) is 8.37. The predicted molar refractivity (Wildman–Crippen MR) is 132 cm³/mol. The van der Waals surface area contributed by atoms with Crippen LogP contribution >= 0.6 is 11.8 Å². The number of nitrogens with one attached hydrogen (secondary N) is 2. The first-order chi connectivity index (χ1) is 16.6. The Morgan fingerprint density at radius 1 is 1.18 bits per heavy atom. The number of anilines is 1. The van der Waals surface area contributed by atoms with E-state index < -0.39 is 0 Å². The smallest absolute Gasteiger partial charge is 0.290 e. The summed E-state index contributed by atoms with van der Waals surface area (Å²) in [6.45, 7) is 3.55. The Labute approximate surface area is 201 Å². The molecular formula is C25H25N5O3S. The van der Waals surface area contributed by atoms with Crippen molar-refractivity contribution >= 4 is 34.9 Å². The number of nitrogens with zero attached hydrogens (tertiary/aromatic N) is 3. The summed E-state index contributed by atoms with van der Waals surface area (Å²) < 4.78 is 5.50. The Morgan fingerprint density at radius 3 is 2.82 bits per heavy atom. The topological polar surface area (TPSA) is 100 Å². The Kier molecular flexibility index (Phi) is 6.73. The Balaban J connectivity index is 1.11. The summed E-state index contributed by atoms with van der Waals surface area (Å²) in [6.07, 6.45) is 7.13. The number of piperidine rings is 1. The SMILES string of the molecule is O=C1NC(=O)C(=Cc2ccnc(N3CCC(CNCc4cccc(-c5ccco5)c4)CC3)n2)S1. The first-order valence-electron chi connectivity index (χ1n) is 11.3. The number of aromatic nitrogens is 2. The average molecular weight is 476 g/mol. The van der Waals surface area contributed by atoms with Crippen LogP contribution < -0.4 is 15.5 Å². The van der Waals surface area contributed by atoms with Gasteiger partial charge in [-0.1, -0.05) is 18.2 Å². The zero-order chi connectivity index (χ0) is 23.3. The zero-order valence-electron chi connectivity index (χ0n) is 18.6. The largest absolute Gasteiger partial charge is 0.464 e. The summed E-state index contributed by atoms with van der Waals surface area (Å²) in [7, 11) is 0. The molecule has 0 atom stereocenters. The lowest BCUT2D eigenvalue weighted by Crippen LogP contribution is -2.38. The minimum Gasteiger partial charge on any atom is -0.464 e. The minimum absolute atomic E-state index is 0.355. The Hall–Kier alpha value is -3.43. The summed E-state index contributed by atoms with van der Waals surface area (Å²) in [4.78, 5) is 34.7. The molecule has 0 spiro atoms. The molecule has 2 aliphatic rings. The van der Waals surface area contributed by atoms with Gasteiger partial charge in [0.25, 0.3) is 11.1 Å². The molecule has 174 valence electrons. The highest BCUT2D eigenvalue weighted by molar-refractivity contribution is 8.18. The highest BCUT2D eigenvalue weighted by Crippen LogP contribution is 2.26. The molecular weight excluding hydrogens is 450 g/mol. The number of hydrogen-bond donors (Lipinski definition) is 2. The number of thioether (sulfide) groups is 1. The van der Waals surface area contributed by atoms with Gasteiger partial charge in [-0.3, -0.25) is 14.9 Å². The van der Waals surface area contributed by atoms with E-state index in [1.807, 2.05) is 12.1 Å². The molecule has 34 heavy (non-hydrogen) atoms. The van der Waals surface area contributed by atoms with Crippen molar-refractivity contribution in [2.24, 2.45) is 5.92 Å². The van der Waals surface area contributed by atoms with Crippen LogP contribution in [-0.4, -0.2) is 40.7 Å². The lowest BCUT2D eigenvalue weighted by Gasteiger charge is -2.32. The van der Waals surface area contributed by atoms with Gasteiger partial charge in [0.05, 0.1) is 16.9 Å². The van der Waals surface area contributed by atoms with Crippen LogP contribution in [0.4, 0.5) is 10.7 Å². The number of carbonyl (C=O) groups excluding carboxylic acids is 2. The summed E-state index contributed by atoms with van der Waals surface area (Å²) in [5, 5.41) is 5.50. The maximum absolute atomic E-state index is 11.8. The second-order valence-corrected chi connectivity index (χ2v) is 9.39. The molecule has 9 heteroatoms. The normalized spacial score (nSPS) is 18.0. The van der Waals surface area contributed by atoms with Crippen LogP contribution in [0.2, 0.25) is 0 Å². The number of furan rings is 1. The van der Waals surface area contributed by atoms with Gasteiger partial charge in [0.1, 0.15) is 5.76 Å². The molecule has 4 heterocycles. The van der Waals surface area contributed by atoms with Gasteiger partial charge in [0.15, 0.2) is 0 Å². The van der Waals surface area contributed by atoms with Crippen molar-refractivity contribution in [1.29, 1.82) is 0 Å². The van der Waals surface area contributed by atoms with Crippen molar-refractivity contribution in [3.8, 4) is 11.3 Å². The molecule has 5 rings (SSSR count). The van der Waals surface area contributed by atoms with Crippen molar-refractivity contribution in [1.82, 2.24) is 20.6 Å². The van der Waals surface area contributed by atoms with Crippen molar-refractivity contribution in [3.05, 3.63) is 71.1 Å². The molecule has 0 unspecified atom stereocenters. The zero-order valence-corrected chi connectivity index (χ0v) is 19.4. The third-order valence-electron chi connectivity index (χ3n) is 5.98. The van der Waals surface area contributed by atoms with Gasteiger partial charge in [-0.05, 0) is 73.0 Å².